The van der Waals surface area contributed by atoms with Crippen molar-refractivity contribution in [2.75, 3.05) is 7.11 Å². The summed E-state index contributed by atoms with van der Waals surface area (Å²) in [5.74, 6) is 1.83. The van der Waals surface area contributed by atoms with Crippen LogP contribution >= 0.6 is 23.2 Å². The van der Waals surface area contributed by atoms with Crippen molar-refractivity contribution < 1.29 is 19.0 Å². The molecule has 4 nitrogen and oxygen atoms in total. The van der Waals surface area contributed by atoms with E-state index in [1.807, 2.05) is 37.3 Å². The summed E-state index contributed by atoms with van der Waals surface area (Å²) in [5.41, 5.74) is 2.84. The van der Waals surface area contributed by atoms with E-state index in [0.717, 1.165) is 16.9 Å². The van der Waals surface area contributed by atoms with Crippen LogP contribution in [0.1, 0.15) is 27.0 Å². The lowest BCUT2D eigenvalue weighted by molar-refractivity contribution is 0.101. The van der Waals surface area contributed by atoms with E-state index in [-0.39, 0.29) is 11.5 Å². The fourth-order valence-electron chi connectivity index (χ4n) is 3.23. The van der Waals surface area contributed by atoms with E-state index in [4.69, 9.17) is 37.4 Å². The van der Waals surface area contributed by atoms with E-state index in [1.54, 1.807) is 37.5 Å². The summed E-state index contributed by atoms with van der Waals surface area (Å²) < 4.78 is 16.9. The number of fused-ring (bicyclic) bond motifs is 1. The minimum Gasteiger partial charge on any atom is -0.497 e. The first-order valence-electron chi connectivity index (χ1n) is 9.25. The predicted molar refractivity (Wildman–Crippen MR) is 118 cm³/mol. The standard InChI is InChI=1S/C24H18Cl2O4/c1-14-10-17(29-13-15-6-8-16(28-2)9-7-15)11-21-23(14)24(27)22(30-21)12-18-19(25)4-3-5-20(18)26/h3-12H,13H2,1-2H3/b22-12-. The number of aryl methyl sites for hydroxylation is 1. The van der Waals surface area contributed by atoms with E-state index in [0.29, 0.717) is 39.3 Å². The van der Waals surface area contributed by atoms with Gasteiger partial charge < -0.3 is 14.2 Å². The van der Waals surface area contributed by atoms with Gasteiger partial charge in [-0.05, 0) is 54.5 Å². The number of benzene rings is 3. The van der Waals surface area contributed by atoms with Gasteiger partial charge in [-0.25, -0.2) is 0 Å². The van der Waals surface area contributed by atoms with Crippen molar-refractivity contribution in [1.82, 2.24) is 0 Å². The molecule has 0 atom stereocenters. The minimum atomic E-state index is -0.208. The third kappa shape index (κ3) is 4.02. The molecule has 0 bridgehead atoms. The molecule has 3 aromatic carbocycles. The zero-order chi connectivity index (χ0) is 21.3. The molecule has 1 aliphatic heterocycles. The van der Waals surface area contributed by atoms with Crippen molar-refractivity contribution in [1.29, 1.82) is 0 Å². The molecule has 0 amide bonds. The van der Waals surface area contributed by atoms with Crippen LogP contribution in [-0.2, 0) is 6.61 Å². The van der Waals surface area contributed by atoms with Gasteiger partial charge >= 0.3 is 0 Å². The van der Waals surface area contributed by atoms with Crippen LogP contribution < -0.4 is 14.2 Å². The highest BCUT2D eigenvalue weighted by atomic mass is 35.5. The summed E-state index contributed by atoms with van der Waals surface area (Å²) in [5, 5.41) is 0.894. The molecule has 0 radical (unpaired) electrons. The normalized spacial score (nSPS) is 13.9. The van der Waals surface area contributed by atoms with Gasteiger partial charge in [0.2, 0.25) is 5.78 Å². The van der Waals surface area contributed by atoms with E-state index in [1.165, 1.54) is 0 Å². The molecule has 0 saturated heterocycles. The van der Waals surface area contributed by atoms with E-state index in [9.17, 15) is 4.79 Å². The Labute approximate surface area is 184 Å². The molecule has 0 saturated carbocycles. The number of hydrogen-bond donors (Lipinski definition) is 0. The summed E-state index contributed by atoms with van der Waals surface area (Å²) in [6.07, 6.45) is 1.57. The highest BCUT2D eigenvalue weighted by Gasteiger charge is 2.30. The predicted octanol–water partition coefficient (Wildman–Crippen LogP) is 6.51. The molecule has 1 aliphatic rings. The number of Topliss-reactive ketones (excluding diaryl/α,β-unsaturated/α-hetero) is 1. The van der Waals surface area contributed by atoms with Crippen molar-refractivity contribution in [3.8, 4) is 17.2 Å². The monoisotopic (exact) mass is 440 g/mol. The van der Waals surface area contributed by atoms with Crippen molar-refractivity contribution >= 4 is 35.1 Å². The van der Waals surface area contributed by atoms with Crippen LogP contribution in [0.25, 0.3) is 6.08 Å². The lowest BCUT2D eigenvalue weighted by Gasteiger charge is -2.09. The van der Waals surface area contributed by atoms with Gasteiger partial charge in [0.1, 0.15) is 23.9 Å². The molecule has 1 heterocycles. The Morgan fingerprint density at radius 3 is 2.37 bits per heavy atom. The number of allylic oxidation sites excluding steroid dienone is 1. The summed E-state index contributed by atoms with van der Waals surface area (Å²) >= 11 is 12.4. The number of rotatable bonds is 5. The SMILES string of the molecule is COc1ccc(COc2cc(C)c3c(c2)O/C(=C\c2c(Cl)cccc2Cl)C3=O)cc1. The zero-order valence-corrected chi connectivity index (χ0v) is 17.9. The first kappa shape index (κ1) is 20.3. The van der Waals surface area contributed by atoms with Crippen LogP contribution in [0, 0.1) is 6.92 Å². The summed E-state index contributed by atoms with van der Waals surface area (Å²) in [7, 11) is 1.63. The third-order valence-electron chi connectivity index (χ3n) is 4.78. The van der Waals surface area contributed by atoms with Crippen LogP contribution in [0.3, 0.4) is 0 Å². The number of ketones is 1. The maximum atomic E-state index is 12.9. The van der Waals surface area contributed by atoms with Crippen LogP contribution in [0.5, 0.6) is 17.2 Å². The molecule has 0 aromatic heterocycles. The average molecular weight is 441 g/mol. The molecule has 3 aromatic rings. The lowest BCUT2D eigenvalue weighted by Crippen LogP contribution is -2.00. The fraction of sp³-hybridized carbons (Fsp3) is 0.125. The smallest absolute Gasteiger partial charge is 0.232 e. The van der Waals surface area contributed by atoms with Gasteiger partial charge in [0.25, 0.3) is 0 Å². The highest BCUT2D eigenvalue weighted by Crippen LogP contribution is 2.39. The van der Waals surface area contributed by atoms with Gasteiger partial charge in [0.05, 0.1) is 12.7 Å². The van der Waals surface area contributed by atoms with Gasteiger partial charge in [-0.15, -0.1) is 0 Å². The summed E-state index contributed by atoms with van der Waals surface area (Å²) in [4.78, 5) is 12.9. The molecule has 0 unspecified atom stereocenters. The maximum absolute atomic E-state index is 12.9. The van der Waals surface area contributed by atoms with Crippen LogP contribution in [-0.4, -0.2) is 12.9 Å². The second-order valence-corrected chi connectivity index (χ2v) is 7.64. The average Bonchev–Trinajstić information content (AvgIpc) is 3.05. The molecular formula is C24H18Cl2O4. The molecule has 152 valence electrons. The van der Waals surface area contributed by atoms with Crippen molar-refractivity contribution in [3.05, 3.63) is 92.7 Å². The Balaban J connectivity index is 1.57. The molecule has 4 rings (SSSR count). The number of carbonyl (C=O) groups is 1. The second kappa shape index (κ2) is 8.42. The topological polar surface area (TPSA) is 44.8 Å². The third-order valence-corrected chi connectivity index (χ3v) is 5.44. The van der Waals surface area contributed by atoms with Crippen molar-refractivity contribution in [2.24, 2.45) is 0 Å². The van der Waals surface area contributed by atoms with Gasteiger partial charge in [-0.3, -0.25) is 4.79 Å². The van der Waals surface area contributed by atoms with E-state index in [2.05, 4.69) is 0 Å². The lowest BCUT2D eigenvalue weighted by atomic mass is 10.0. The number of carbonyl (C=O) groups excluding carboxylic acids is 1. The fourth-order valence-corrected chi connectivity index (χ4v) is 3.74. The van der Waals surface area contributed by atoms with E-state index < -0.39 is 0 Å². The zero-order valence-electron chi connectivity index (χ0n) is 16.4. The Hall–Kier alpha value is -2.95. The molecule has 0 N–H and O–H groups in total. The van der Waals surface area contributed by atoms with Gasteiger partial charge in [-0.2, -0.15) is 0 Å². The number of hydrogen-bond acceptors (Lipinski definition) is 4. The Bertz CT molecular complexity index is 1130. The van der Waals surface area contributed by atoms with Crippen molar-refractivity contribution in [3.63, 3.8) is 0 Å². The molecule has 0 aliphatic carbocycles. The quantitative estimate of drug-likeness (QED) is 0.424. The second-order valence-electron chi connectivity index (χ2n) is 6.83. The Morgan fingerprint density at radius 1 is 1.00 bits per heavy atom. The summed E-state index contributed by atoms with van der Waals surface area (Å²) in [6, 6.07) is 16.4. The first-order valence-corrected chi connectivity index (χ1v) is 10.0. The summed E-state index contributed by atoms with van der Waals surface area (Å²) in [6.45, 7) is 2.24. The largest absolute Gasteiger partial charge is 0.497 e. The molecule has 0 fully saturated rings. The molecular weight excluding hydrogens is 423 g/mol. The molecule has 0 spiro atoms. The molecule has 6 heteroatoms. The highest BCUT2D eigenvalue weighted by molar-refractivity contribution is 6.37. The van der Waals surface area contributed by atoms with Crippen LogP contribution in [0.15, 0.2) is 60.4 Å². The van der Waals surface area contributed by atoms with Gasteiger partial charge in [-0.1, -0.05) is 41.4 Å². The van der Waals surface area contributed by atoms with Crippen molar-refractivity contribution in [2.45, 2.75) is 13.5 Å². The van der Waals surface area contributed by atoms with Gasteiger partial charge in [0, 0.05) is 21.7 Å². The Kier molecular flexibility index (Phi) is 5.71. The van der Waals surface area contributed by atoms with Crippen LogP contribution in [0.2, 0.25) is 10.0 Å². The number of ether oxygens (including phenoxy) is 3. The number of halogens is 2. The molecule has 30 heavy (non-hydrogen) atoms. The number of methoxy groups -OCH3 is 1. The maximum Gasteiger partial charge on any atom is 0.232 e. The van der Waals surface area contributed by atoms with Gasteiger partial charge in [0.15, 0.2) is 5.76 Å². The Morgan fingerprint density at radius 2 is 1.70 bits per heavy atom. The van der Waals surface area contributed by atoms with Crippen LogP contribution in [0.4, 0.5) is 0 Å². The first-order chi connectivity index (χ1) is 14.5. The minimum absolute atomic E-state index is 0.176. The van der Waals surface area contributed by atoms with E-state index >= 15 is 0 Å².